The summed E-state index contributed by atoms with van der Waals surface area (Å²) in [4.78, 5) is 12.8. The maximum atomic E-state index is 12.8. The highest BCUT2D eigenvalue weighted by Crippen LogP contribution is 2.66. The molecule has 0 radical (unpaired) electrons. The number of hydrogen-bond acceptors (Lipinski definition) is 2. The fourth-order valence-corrected chi connectivity index (χ4v) is 5.46. The van der Waals surface area contributed by atoms with Crippen LogP contribution in [0.15, 0.2) is 0 Å². The van der Waals surface area contributed by atoms with E-state index in [-0.39, 0.29) is 28.8 Å². The molecule has 2 heteroatoms. The van der Waals surface area contributed by atoms with Gasteiger partial charge in [-0.2, -0.15) is 0 Å². The smallest absolute Gasteiger partial charge is 0.309 e. The second-order valence-electron chi connectivity index (χ2n) is 9.32. The SMILES string of the molecule is CC1(C)CCCCC1C(=O)OC1CC2CCC1(C)C2(C)C. The molecule has 3 rings (SSSR count). The fraction of sp³-hybridized carbons (Fsp3) is 0.947. The number of carbonyl (C=O) groups excluding carboxylic acids is 1. The summed E-state index contributed by atoms with van der Waals surface area (Å²) in [6.07, 6.45) is 8.37. The first-order valence-electron chi connectivity index (χ1n) is 8.89. The Morgan fingerprint density at radius 3 is 2.24 bits per heavy atom. The Morgan fingerprint density at radius 1 is 1.00 bits per heavy atom. The number of fused-ring (bicyclic) bond motifs is 2. The lowest BCUT2D eigenvalue weighted by atomic mass is 9.68. The molecule has 0 saturated heterocycles. The summed E-state index contributed by atoms with van der Waals surface area (Å²) < 4.78 is 6.12. The van der Waals surface area contributed by atoms with Gasteiger partial charge in [-0.15, -0.1) is 0 Å². The lowest BCUT2D eigenvalue weighted by Gasteiger charge is -2.41. The molecule has 0 aliphatic heterocycles. The first-order chi connectivity index (χ1) is 9.68. The van der Waals surface area contributed by atoms with Crippen LogP contribution in [0, 0.1) is 28.1 Å². The zero-order chi connectivity index (χ0) is 15.5. The summed E-state index contributed by atoms with van der Waals surface area (Å²) in [6, 6.07) is 0. The molecule has 2 bridgehead atoms. The van der Waals surface area contributed by atoms with Gasteiger partial charge in [0.15, 0.2) is 0 Å². The summed E-state index contributed by atoms with van der Waals surface area (Å²) in [6.45, 7) is 11.6. The third kappa shape index (κ3) is 2.16. The van der Waals surface area contributed by atoms with E-state index >= 15 is 0 Å². The highest BCUT2D eigenvalue weighted by molar-refractivity contribution is 5.73. The van der Waals surface area contributed by atoms with Gasteiger partial charge in [0.1, 0.15) is 6.10 Å². The van der Waals surface area contributed by atoms with E-state index in [1.54, 1.807) is 0 Å². The second kappa shape index (κ2) is 4.73. The minimum absolute atomic E-state index is 0.0919. The monoisotopic (exact) mass is 292 g/mol. The quantitative estimate of drug-likeness (QED) is 0.672. The van der Waals surface area contributed by atoms with Crippen molar-refractivity contribution in [2.45, 2.75) is 85.7 Å². The van der Waals surface area contributed by atoms with Crippen LogP contribution in [-0.2, 0) is 9.53 Å². The van der Waals surface area contributed by atoms with E-state index in [1.165, 1.54) is 25.7 Å². The lowest BCUT2D eigenvalue weighted by Crippen LogP contribution is -2.42. The summed E-state index contributed by atoms with van der Waals surface area (Å²) in [5.74, 6) is 0.936. The van der Waals surface area contributed by atoms with Gasteiger partial charge in [0.25, 0.3) is 0 Å². The van der Waals surface area contributed by atoms with Crippen molar-refractivity contribution in [2.75, 3.05) is 0 Å². The predicted octanol–water partition coefficient (Wildman–Crippen LogP) is 4.96. The molecule has 3 fully saturated rings. The van der Waals surface area contributed by atoms with Crippen molar-refractivity contribution in [3.63, 3.8) is 0 Å². The van der Waals surface area contributed by atoms with Crippen LogP contribution in [-0.4, -0.2) is 12.1 Å². The Labute approximate surface area is 130 Å². The van der Waals surface area contributed by atoms with Gasteiger partial charge in [-0.25, -0.2) is 0 Å². The van der Waals surface area contributed by atoms with Crippen molar-refractivity contribution < 1.29 is 9.53 Å². The minimum Gasteiger partial charge on any atom is -0.462 e. The van der Waals surface area contributed by atoms with Crippen LogP contribution in [0.4, 0.5) is 0 Å². The zero-order valence-corrected chi connectivity index (χ0v) is 14.5. The van der Waals surface area contributed by atoms with Crippen LogP contribution in [0.2, 0.25) is 0 Å². The third-order valence-corrected chi connectivity index (χ3v) is 7.76. The molecule has 0 N–H and O–H groups in total. The number of rotatable bonds is 2. The summed E-state index contributed by atoms with van der Waals surface area (Å²) in [5.41, 5.74) is 0.621. The molecular formula is C19H32O2. The van der Waals surface area contributed by atoms with Crippen LogP contribution in [0.3, 0.4) is 0 Å². The Kier molecular flexibility index (Phi) is 3.46. The van der Waals surface area contributed by atoms with Crippen molar-refractivity contribution in [1.82, 2.24) is 0 Å². The van der Waals surface area contributed by atoms with E-state index in [9.17, 15) is 4.79 Å². The summed E-state index contributed by atoms with van der Waals surface area (Å²) in [5, 5.41) is 0. The standard InChI is InChI=1S/C19H32O2/c1-17(2)10-7-6-8-14(17)16(20)21-15-12-13-9-11-19(15,5)18(13,3)4/h13-15H,6-12H2,1-5H3. The van der Waals surface area contributed by atoms with E-state index in [0.717, 1.165) is 25.2 Å². The largest absolute Gasteiger partial charge is 0.462 e. The van der Waals surface area contributed by atoms with Crippen molar-refractivity contribution >= 4 is 5.97 Å². The molecule has 0 spiro atoms. The van der Waals surface area contributed by atoms with Gasteiger partial charge >= 0.3 is 5.97 Å². The van der Waals surface area contributed by atoms with Crippen LogP contribution < -0.4 is 0 Å². The van der Waals surface area contributed by atoms with Crippen LogP contribution >= 0.6 is 0 Å². The number of esters is 1. The molecule has 21 heavy (non-hydrogen) atoms. The molecular weight excluding hydrogens is 260 g/mol. The van der Waals surface area contributed by atoms with Gasteiger partial charge in [0.2, 0.25) is 0 Å². The molecule has 0 amide bonds. The molecule has 0 aromatic rings. The topological polar surface area (TPSA) is 26.3 Å². The van der Waals surface area contributed by atoms with E-state index in [1.807, 2.05) is 0 Å². The molecule has 4 unspecified atom stereocenters. The summed E-state index contributed by atoms with van der Waals surface area (Å²) in [7, 11) is 0. The number of carbonyl (C=O) groups is 1. The number of ether oxygens (including phenoxy) is 1. The predicted molar refractivity (Wildman–Crippen MR) is 84.8 cm³/mol. The molecule has 120 valence electrons. The lowest BCUT2D eigenvalue weighted by molar-refractivity contribution is -0.168. The summed E-state index contributed by atoms with van der Waals surface area (Å²) >= 11 is 0. The highest BCUT2D eigenvalue weighted by atomic mass is 16.5. The third-order valence-electron chi connectivity index (χ3n) is 7.76. The molecule has 0 heterocycles. The zero-order valence-electron chi connectivity index (χ0n) is 14.5. The second-order valence-corrected chi connectivity index (χ2v) is 9.32. The van der Waals surface area contributed by atoms with Crippen molar-refractivity contribution in [3.05, 3.63) is 0 Å². The van der Waals surface area contributed by atoms with E-state index < -0.39 is 0 Å². The van der Waals surface area contributed by atoms with Crippen LogP contribution in [0.1, 0.15) is 79.6 Å². The molecule has 3 aliphatic carbocycles. The molecule has 0 aromatic heterocycles. The molecule has 3 aliphatic rings. The molecule has 3 saturated carbocycles. The molecule has 4 atom stereocenters. The molecule has 0 aromatic carbocycles. The van der Waals surface area contributed by atoms with Gasteiger partial charge in [0.05, 0.1) is 5.92 Å². The average molecular weight is 292 g/mol. The number of hydrogen-bond donors (Lipinski definition) is 0. The first kappa shape index (κ1) is 15.4. The Bertz CT molecular complexity index is 437. The van der Waals surface area contributed by atoms with Gasteiger partial charge in [-0.05, 0) is 48.9 Å². The van der Waals surface area contributed by atoms with Crippen LogP contribution in [0.5, 0.6) is 0 Å². The minimum atomic E-state index is 0.0919. The highest BCUT2D eigenvalue weighted by Gasteiger charge is 2.63. The van der Waals surface area contributed by atoms with Gasteiger partial charge in [-0.1, -0.05) is 47.5 Å². The first-order valence-corrected chi connectivity index (χ1v) is 8.89. The normalized spacial score (nSPS) is 43.8. The van der Waals surface area contributed by atoms with Crippen molar-refractivity contribution in [3.8, 4) is 0 Å². The van der Waals surface area contributed by atoms with Gasteiger partial charge in [0, 0.05) is 5.41 Å². The van der Waals surface area contributed by atoms with Crippen molar-refractivity contribution in [1.29, 1.82) is 0 Å². The molecule has 2 nitrogen and oxygen atoms in total. The Hall–Kier alpha value is -0.530. The Morgan fingerprint density at radius 2 is 1.71 bits per heavy atom. The van der Waals surface area contributed by atoms with Gasteiger partial charge in [-0.3, -0.25) is 4.79 Å². The van der Waals surface area contributed by atoms with E-state index in [0.29, 0.717) is 5.41 Å². The van der Waals surface area contributed by atoms with Gasteiger partial charge < -0.3 is 4.74 Å². The Balaban J connectivity index is 1.72. The van der Waals surface area contributed by atoms with E-state index in [4.69, 9.17) is 4.74 Å². The maximum Gasteiger partial charge on any atom is 0.309 e. The maximum absolute atomic E-state index is 12.8. The van der Waals surface area contributed by atoms with Crippen molar-refractivity contribution in [2.24, 2.45) is 28.1 Å². The van der Waals surface area contributed by atoms with Crippen LogP contribution in [0.25, 0.3) is 0 Å². The van der Waals surface area contributed by atoms with E-state index in [2.05, 4.69) is 34.6 Å². The fourth-order valence-electron chi connectivity index (χ4n) is 5.46. The average Bonchev–Trinajstić information content (AvgIpc) is 2.71.